The van der Waals surface area contributed by atoms with E-state index in [-0.39, 0.29) is 11.8 Å². The molecule has 0 aliphatic rings. The second kappa shape index (κ2) is 5.50. The van der Waals surface area contributed by atoms with Crippen LogP contribution in [-0.4, -0.2) is 4.98 Å². The highest BCUT2D eigenvalue weighted by Gasteiger charge is 2.09. The zero-order chi connectivity index (χ0) is 14.8. The molecule has 21 heavy (non-hydrogen) atoms. The Labute approximate surface area is 122 Å². The standard InChI is InChI=1S/C17H15FN2O/c1-11(19)12-6-7-17(15(18)9-12)21-14-8-13-4-2-3-5-16(13)20-10-14/h2-11H,19H2,1H3/t11-/m1/s1. The molecule has 106 valence electrons. The number of nitrogens with zero attached hydrogens (tertiary/aromatic N) is 1. The second-order valence-electron chi connectivity index (χ2n) is 4.94. The average molecular weight is 282 g/mol. The van der Waals surface area contributed by atoms with Crippen LogP contribution in [-0.2, 0) is 0 Å². The van der Waals surface area contributed by atoms with Crippen LogP contribution in [0.2, 0.25) is 0 Å². The molecule has 0 spiro atoms. The molecule has 0 aliphatic carbocycles. The van der Waals surface area contributed by atoms with E-state index in [1.54, 1.807) is 18.3 Å². The average Bonchev–Trinajstić information content (AvgIpc) is 2.49. The molecule has 3 rings (SSSR count). The lowest BCUT2D eigenvalue weighted by Crippen LogP contribution is -2.05. The van der Waals surface area contributed by atoms with Crippen LogP contribution in [0.25, 0.3) is 10.9 Å². The molecule has 3 aromatic rings. The minimum atomic E-state index is -0.432. The Hall–Kier alpha value is -2.46. The molecule has 1 atom stereocenters. The van der Waals surface area contributed by atoms with Gasteiger partial charge in [0.15, 0.2) is 11.6 Å². The summed E-state index contributed by atoms with van der Waals surface area (Å²) in [4.78, 5) is 4.29. The molecule has 0 saturated carbocycles. The largest absolute Gasteiger partial charge is 0.453 e. The quantitative estimate of drug-likeness (QED) is 0.783. The molecule has 0 amide bonds. The van der Waals surface area contributed by atoms with Crippen molar-refractivity contribution >= 4 is 10.9 Å². The van der Waals surface area contributed by atoms with E-state index in [0.29, 0.717) is 5.75 Å². The number of ether oxygens (including phenoxy) is 1. The first-order valence-corrected chi connectivity index (χ1v) is 6.71. The summed E-state index contributed by atoms with van der Waals surface area (Å²) in [6.07, 6.45) is 1.58. The van der Waals surface area contributed by atoms with E-state index in [2.05, 4.69) is 4.98 Å². The molecule has 1 aromatic heterocycles. The van der Waals surface area contributed by atoms with Gasteiger partial charge in [-0.2, -0.15) is 0 Å². The highest BCUT2D eigenvalue weighted by atomic mass is 19.1. The number of benzene rings is 2. The molecule has 1 heterocycles. The number of hydrogen-bond acceptors (Lipinski definition) is 3. The van der Waals surface area contributed by atoms with Gasteiger partial charge in [-0.25, -0.2) is 4.39 Å². The normalized spacial score (nSPS) is 12.3. The summed E-state index contributed by atoms with van der Waals surface area (Å²) in [6, 6.07) is 14.1. The van der Waals surface area contributed by atoms with Crippen LogP contribution >= 0.6 is 0 Å². The van der Waals surface area contributed by atoms with Crippen LogP contribution in [0.5, 0.6) is 11.5 Å². The van der Waals surface area contributed by atoms with Crippen LogP contribution in [0.1, 0.15) is 18.5 Å². The lowest BCUT2D eigenvalue weighted by atomic mass is 10.1. The summed E-state index contributed by atoms with van der Waals surface area (Å²) in [6.45, 7) is 1.81. The number of rotatable bonds is 3. The van der Waals surface area contributed by atoms with Crippen LogP contribution in [0.4, 0.5) is 4.39 Å². The van der Waals surface area contributed by atoms with Gasteiger partial charge in [0, 0.05) is 11.4 Å². The van der Waals surface area contributed by atoms with Crippen molar-refractivity contribution in [2.45, 2.75) is 13.0 Å². The molecule has 2 aromatic carbocycles. The van der Waals surface area contributed by atoms with Gasteiger partial charge in [-0.05, 0) is 36.8 Å². The Kier molecular flexibility index (Phi) is 3.54. The van der Waals surface area contributed by atoms with Crippen molar-refractivity contribution in [3.8, 4) is 11.5 Å². The Morgan fingerprint density at radius 2 is 1.95 bits per heavy atom. The van der Waals surface area contributed by atoms with E-state index < -0.39 is 5.82 Å². The van der Waals surface area contributed by atoms with Gasteiger partial charge in [-0.3, -0.25) is 4.98 Å². The lowest BCUT2D eigenvalue weighted by Gasteiger charge is -2.10. The highest BCUT2D eigenvalue weighted by molar-refractivity contribution is 5.79. The monoisotopic (exact) mass is 282 g/mol. The first-order valence-electron chi connectivity index (χ1n) is 6.71. The number of nitrogens with two attached hydrogens (primary N) is 1. The molecular formula is C17H15FN2O. The third-order valence-electron chi connectivity index (χ3n) is 3.27. The molecule has 3 nitrogen and oxygen atoms in total. The molecule has 0 radical (unpaired) electrons. The van der Waals surface area contributed by atoms with Gasteiger partial charge in [0.25, 0.3) is 0 Å². The summed E-state index contributed by atoms with van der Waals surface area (Å²) in [7, 11) is 0. The van der Waals surface area contributed by atoms with Crippen molar-refractivity contribution < 1.29 is 9.13 Å². The SMILES string of the molecule is C[C@@H](N)c1ccc(Oc2cnc3ccccc3c2)c(F)c1. The van der Waals surface area contributed by atoms with Gasteiger partial charge in [-0.1, -0.05) is 24.3 Å². The Morgan fingerprint density at radius 3 is 2.71 bits per heavy atom. The summed E-state index contributed by atoms with van der Waals surface area (Å²) in [5.74, 6) is 0.232. The van der Waals surface area contributed by atoms with Crippen LogP contribution < -0.4 is 10.5 Å². The maximum absolute atomic E-state index is 14.0. The van der Waals surface area contributed by atoms with Crippen LogP contribution in [0, 0.1) is 5.82 Å². The number of para-hydroxylation sites is 1. The van der Waals surface area contributed by atoms with Gasteiger partial charge < -0.3 is 10.5 Å². The maximum Gasteiger partial charge on any atom is 0.166 e. The van der Waals surface area contributed by atoms with E-state index in [0.717, 1.165) is 16.5 Å². The molecule has 4 heteroatoms. The third kappa shape index (κ3) is 2.85. The fraction of sp³-hybridized carbons (Fsp3) is 0.118. The van der Waals surface area contributed by atoms with E-state index in [4.69, 9.17) is 10.5 Å². The minimum absolute atomic E-state index is 0.163. The predicted molar refractivity (Wildman–Crippen MR) is 80.8 cm³/mol. The van der Waals surface area contributed by atoms with E-state index in [1.165, 1.54) is 6.07 Å². The second-order valence-corrected chi connectivity index (χ2v) is 4.94. The predicted octanol–water partition coefficient (Wildman–Crippen LogP) is 4.19. The summed E-state index contributed by atoms with van der Waals surface area (Å²) in [5.41, 5.74) is 7.34. The summed E-state index contributed by atoms with van der Waals surface area (Å²) >= 11 is 0. The molecule has 0 saturated heterocycles. The first kappa shape index (κ1) is 13.5. The molecular weight excluding hydrogens is 267 g/mol. The molecule has 2 N–H and O–H groups in total. The van der Waals surface area contributed by atoms with Gasteiger partial charge in [0.05, 0.1) is 11.7 Å². The molecule has 0 fully saturated rings. The topological polar surface area (TPSA) is 48.1 Å². The maximum atomic E-state index is 14.0. The Balaban J connectivity index is 1.91. The molecule has 0 bridgehead atoms. The van der Waals surface area contributed by atoms with Gasteiger partial charge in [0.2, 0.25) is 0 Å². The van der Waals surface area contributed by atoms with Crippen molar-refractivity contribution in [3.63, 3.8) is 0 Å². The fourth-order valence-electron chi connectivity index (χ4n) is 2.12. The van der Waals surface area contributed by atoms with Crippen LogP contribution in [0.3, 0.4) is 0 Å². The number of hydrogen-bond donors (Lipinski definition) is 1. The highest BCUT2D eigenvalue weighted by Crippen LogP contribution is 2.27. The minimum Gasteiger partial charge on any atom is -0.453 e. The van der Waals surface area contributed by atoms with Crippen molar-refractivity contribution in [3.05, 3.63) is 66.1 Å². The number of aromatic nitrogens is 1. The number of fused-ring (bicyclic) bond motifs is 1. The van der Waals surface area contributed by atoms with E-state index in [1.807, 2.05) is 37.3 Å². The zero-order valence-corrected chi connectivity index (χ0v) is 11.6. The number of halogens is 1. The Bertz CT molecular complexity index is 787. The zero-order valence-electron chi connectivity index (χ0n) is 11.6. The van der Waals surface area contributed by atoms with Crippen molar-refractivity contribution in [1.82, 2.24) is 4.98 Å². The Morgan fingerprint density at radius 1 is 1.14 bits per heavy atom. The van der Waals surface area contributed by atoms with Gasteiger partial charge in [0.1, 0.15) is 5.75 Å². The summed E-state index contributed by atoms with van der Waals surface area (Å²) in [5, 5.41) is 0.947. The van der Waals surface area contributed by atoms with E-state index in [9.17, 15) is 4.39 Å². The van der Waals surface area contributed by atoms with Crippen molar-refractivity contribution in [2.24, 2.45) is 5.73 Å². The molecule has 0 unspecified atom stereocenters. The summed E-state index contributed by atoms with van der Waals surface area (Å²) < 4.78 is 19.6. The lowest BCUT2D eigenvalue weighted by molar-refractivity contribution is 0.440. The van der Waals surface area contributed by atoms with Gasteiger partial charge >= 0.3 is 0 Å². The molecule has 0 aliphatic heterocycles. The fourth-order valence-corrected chi connectivity index (χ4v) is 2.12. The van der Waals surface area contributed by atoms with Crippen molar-refractivity contribution in [2.75, 3.05) is 0 Å². The van der Waals surface area contributed by atoms with E-state index >= 15 is 0 Å². The third-order valence-corrected chi connectivity index (χ3v) is 3.27. The van der Waals surface area contributed by atoms with Crippen LogP contribution in [0.15, 0.2) is 54.7 Å². The van der Waals surface area contributed by atoms with Gasteiger partial charge in [-0.15, -0.1) is 0 Å². The van der Waals surface area contributed by atoms with Crippen molar-refractivity contribution in [1.29, 1.82) is 0 Å². The smallest absolute Gasteiger partial charge is 0.166 e. The first-order chi connectivity index (χ1) is 10.1. The number of pyridine rings is 1.